The summed E-state index contributed by atoms with van der Waals surface area (Å²) in [5, 5.41) is 40.8. The van der Waals surface area contributed by atoms with Gasteiger partial charge in [0.05, 0.1) is 23.9 Å². The van der Waals surface area contributed by atoms with E-state index in [2.05, 4.69) is 0 Å². The van der Waals surface area contributed by atoms with Gasteiger partial charge in [0.1, 0.15) is 0 Å². The smallest absolute Gasteiger partial charge is 0.545 e. The molecule has 26 heavy (non-hydrogen) atoms. The summed E-state index contributed by atoms with van der Waals surface area (Å²) in [5.74, 6) is -5.33. The Kier molecular flexibility index (Phi) is 12.3. The maximum absolute atomic E-state index is 10.2. The second kappa shape index (κ2) is 12.2. The van der Waals surface area contributed by atoms with E-state index in [4.69, 9.17) is 0 Å². The van der Waals surface area contributed by atoms with E-state index in [0.717, 1.165) is 48.5 Å². The van der Waals surface area contributed by atoms with Gasteiger partial charge >= 0.3 is 46.1 Å². The Morgan fingerprint density at radius 3 is 0.615 bits per heavy atom. The van der Waals surface area contributed by atoms with Crippen LogP contribution < -0.4 is 20.4 Å². The van der Waals surface area contributed by atoms with Gasteiger partial charge < -0.3 is 39.6 Å². The molecular weight excluding hydrogens is 369 g/mol. The number of carboxylic acid groups (broad SMARTS) is 4. The fourth-order valence-corrected chi connectivity index (χ4v) is 1.48. The van der Waals surface area contributed by atoms with Crippen LogP contribution >= 0.6 is 0 Å². The Morgan fingerprint density at radius 1 is 0.423 bits per heavy atom. The van der Waals surface area contributed by atoms with E-state index in [1.165, 1.54) is 0 Å². The first kappa shape index (κ1) is 26.1. The van der Waals surface area contributed by atoms with Crippen molar-refractivity contribution in [2.75, 3.05) is 0 Å². The third kappa shape index (κ3) is 8.29. The van der Waals surface area contributed by atoms with Gasteiger partial charge in [0.25, 0.3) is 0 Å². The molecule has 0 unspecified atom stereocenters. The average Bonchev–Trinajstić information content (AvgIpc) is 2.55. The van der Waals surface area contributed by atoms with E-state index >= 15 is 0 Å². The second-order valence-corrected chi connectivity index (χ2v) is 4.30. The summed E-state index contributed by atoms with van der Waals surface area (Å²) in [7, 11) is 0. The standard InChI is InChI=1S/2C8H6O4.2Mg/c2*9-7(10)5-1-2-6(4-3-5)8(11)12;;/h2*1-4H,(H,9,10)(H,11,12);;/q;;2*+2/p-4. The summed E-state index contributed by atoms with van der Waals surface area (Å²) in [6.45, 7) is 0. The molecular formula is C16H8Mg2O8. The van der Waals surface area contributed by atoms with Gasteiger partial charge in [-0.2, -0.15) is 0 Å². The van der Waals surface area contributed by atoms with E-state index in [1.807, 2.05) is 0 Å². The van der Waals surface area contributed by atoms with Crippen LogP contribution in [0.5, 0.6) is 0 Å². The number of benzene rings is 2. The molecule has 2 aromatic rings. The molecule has 0 bridgehead atoms. The van der Waals surface area contributed by atoms with Crippen molar-refractivity contribution in [2.24, 2.45) is 0 Å². The van der Waals surface area contributed by atoms with Crippen molar-refractivity contribution in [1.82, 2.24) is 0 Å². The maximum Gasteiger partial charge on any atom is 2.00 e. The van der Waals surface area contributed by atoms with Crippen molar-refractivity contribution in [2.45, 2.75) is 0 Å². The van der Waals surface area contributed by atoms with E-state index in [0.29, 0.717) is 0 Å². The third-order valence-electron chi connectivity index (χ3n) is 2.71. The summed E-state index contributed by atoms with van der Waals surface area (Å²) >= 11 is 0. The van der Waals surface area contributed by atoms with Crippen molar-refractivity contribution < 1.29 is 39.6 Å². The molecule has 0 radical (unpaired) electrons. The first-order valence-electron chi connectivity index (χ1n) is 6.28. The van der Waals surface area contributed by atoms with E-state index < -0.39 is 23.9 Å². The zero-order chi connectivity index (χ0) is 18.3. The number of carboxylic acids is 4. The van der Waals surface area contributed by atoms with Crippen molar-refractivity contribution in [1.29, 1.82) is 0 Å². The summed E-state index contributed by atoms with van der Waals surface area (Å²) in [5.41, 5.74) is -0.222. The summed E-state index contributed by atoms with van der Waals surface area (Å²) < 4.78 is 0. The van der Waals surface area contributed by atoms with Gasteiger partial charge in [-0.3, -0.25) is 0 Å². The normalized spacial score (nSPS) is 8.62. The number of carbonyl (C=O) groups is 4. The van der Waals surface area contributed by atoms with E-state index in [9.17, 15) is 39.6 Å². The fourth-order valence-electron chi connectivity index (χ4n) is 1.48. The molecule has 2 aromatic carbocycles. The molecule has 124 valence electrons. The van der Waals surface area contributed by atoms with Crippen molar-refractivity contribution in [3.63, 3.8) is 0 Å². The molecule has 2 rings (SSSR count). The average molecular weight is 377 g/mol. The predicted octanol–water partition coefficient (Wildman–Crippen LogP) is -3.93. The SMILES string of the molecule is O=C([O-])c1ccc(C(=O)[O-])cc1.O=C([O-])c1ccc(C(=O)[O-])cc1.[Mg+2].[Mg+2]. The van der Waals surface area contributed by atoms with Crippen LogP contribution in [0.4, 0.5) is 0 Å². The van der Waals surface area contributed by atoms with Gasteiger partial charge in [-0.25, -0.2) is 0 Å². The minimum absolute atomic E-state index is 0. The summed E-state index contributed by atoms with van der Waals surface area (Å²) in [6, 6.07) is 9.23. The molecule has 0 aromatic heterocycles. The van der Waals surface area contributed by atoms with E-state index in [1.54, 1.807) is 0 Å². The zero-order valence-corrected chi connectivity index (χ0v) is 16.1. The van der Waals surface area contributed by atoms with Crippen LogP contribution in [-0.2, 0) is 0 Å². The molecule has 0 aliphatic rings. The largest absolute Gasteiger partial charge is 2.00 e. The Morgan fingerprint density at radius 2 is 0.538 bits per heavy atom. The summed E-state index contributed by atoms with van der Waals surface area (Å²) in [4.78, 5) is 40.8. The molecule has 0 saturated carbocycles. The Bertz CT molecular complexity index is 636. The number of carbonyl (C=O) groups excluding carboxylic acids is 4. The minimum Gasteiger partial charge on any atom is -0.545 e. The van der Waals surface area contributed by atoms with Gasteiger partial charge in [-0.15, -0.1) is 0 Å². The zero-order valence-electron chi connectivity index (χ0n) is 13.3. The topological polar surface area (TPSA) is 161 Å². The third-order valence-corrected chi connectivity index (χ3v) is 2.71. The van der Waals surface area contributed by atoms with Crippen LogP contribution in [-0.4, -0.2) is 70.0 Å². The number of rotatable bonds is 4. The molecule has 0 amide bonds. The van der Waals surface area contributed by atoms with Gasteiger partial charge in [0.15, 0.2) is 0 Å². The molecule has 0 spiro atoms. The van der Waals surface area contributed by atoms with Gasteiger partial charge in [0.2, 0.25) is 0 Å². The van der Waals surface area contributed by atoms with Crippen LogP contribution in [0.3, 0.4) is 0 Å². The molecule has 0 saturated heterocycles. The second-order valence-electron chi connectivity index (χ2n) is 4.30. The van der Waals surface area contributed by atoms with Crippen LogP contribution in [0.2, 0.25) is 0 Å². The Balaban J connectivity index is 0. The van der Waals surface area contributed by atoms with Crippen molar-refractivity contribution in [3.8, 4) is 0 Å². The number of hydrogen-bond donors (Lipinski definition) is 0. The number of aromatic carboxylic acids is 4. The van der Waals surface area contributed by atoms with Crippen LogP contribution in [0, 0.1) is 0 Å². The molecule has 0 atom stereocenters. The monoisotopic (exact) mass is 376 g/mol. The molecule has 10 heteroatoms. The first-order valence-corrected chi connectivity index (χ1v) is 6.28. The molecule has 0 N–H and O–H groups in total. The van der Waals surface area contributed by atoms with Crippen LogP contribution in [0.1, 0.15) is 41.4 Å². The van der Waals surface area contributed by atoms with Crippen LogP contribution in [0.15, 0.2) is 48.5 Å². The van der Waals surface area contributed by atoms with Gasteiger partial charge in [-0.1, -0.05) is 48.5 Å². The molecule has 0 fully saturated rings. The summed E-state index contributed by atoms with van der Waals surface area (Å²) in [6.07, 6.45) is 0. The maximum atomic E-state index is 10.2. The van der Waals surface area contributed by atoms with E-state index in [-0.39, 0.29) is 68.4 Å². The van der Waals surface area contributed by atoms with Crippen molar-refractivity contribution >= 4 is 70.0 Å². The minimum atomic E-state index is -1.33. The molecule has 0 aliphatic heterocycles. The Labute approximate surface area is 179 Å². The first-order chi connectivity index (χ1) is 11.2. The van der Waals surface area contributed by atoms with Crippen molar-refractivity contribution in [3.05, 3.63) is 70.8 Å². The molecule has 0 heterocycles. The van der Waals surface area contributed by atoms with Gasteiger partial charge in [0, 0.05) is 0 Å². The van der Waals surface area contributed by atoms with Gasteiger partial charge in [-0.05, 0) is 22.3 Å². The predicted molar refractivity (Wildman–Crippen MR) is 81.7 cm³/mol. The van der Waals surface area contributed by atoms with Crippen LogP contribution in [0.25, 0.3) is 0 Å². The quantitative estimate of drug-likeness (QED) is 0.488. The Hall–Kier alpha value is -2.15. The molecule has 8 nitrogen and oxygen atoms in total. The molecule has 0 aliphatic carbocycles. The number of hydrogen-bond acceptors (Lipinski definition) is 8. The fraction of sp³-hybridized carbons (Fsp3) is 0.